The van der Waals surface area contributed by atoms with Gasteiger partial charge < -0.3 is 5.32 Å². The van der Waals surface area contributed by atoms with E-state index < -0.39 is 17.6 Å². The van der Waals surface area contributed by atoms with Crippen LogP contribution >= 0.6 is 58.0 Å². The number of carbonyl (C=O) groups is 1. The Labute approximate surface area is 182 Å². The van der Waals surface area contributed by atoms with Crippen LogP contribution in [0.5, 0.6) is 0 Å². The summed E-state index contributed by atoms with van der Waals surface area (Å²) in [6.45, 7) is 0. The van der Waals surface area contributed by atoms with Crippen LogP contribution in [0.2, 0.25) is 10.0 Å². The highest BCUT2D eigenvalue weighted by Crippen LogP contribution is 2.35. The zero-order valence-electron chi connectivity index (χ0n) is 13.2. The summed E-state index contributed by atoms with van der Waals surface area (Å²) < 4.78 is 39.7. The molecule has 0 atom stereocenters. The van der Waals surface area contributed by atoms with Crippen LogP contribution in [0.25, 0.3) is 6.08 Å². The van der Waals surface area contributed by atoms with Gasteiger partial charge in [-0.25, -0.2) is 0 Å². The molecule has 0 saturated carbocycles. The van der Waals surface area contributed by atoms with Gasteiger partial charge in [0.2, 0.25) is 5.91 Å². The lowest BCUT2D eigenvalue weighted by molar-refractivity contribution is -0.137. The number of thiocarbonyl (C=S) groups is 1. The first-order chi connectivity index (χ1) is 12.6. The number of benzene rings is 2. The van der Waals surface area contributed by atoms with Crippen molar-refractivity contribution in [1.82, 2.24) is 5.32 Å². The van der Waals surface area contributed by atoms with Gasteiger partial charge in [-0.05, 0) is 76.8 Å². The number of amides is 1. The number of halogens is 6. The SMILES string of the molecule is O=C(/C=C/c1ccc(Cl)cc1Cl)NC(=S)Nc1ccc(I)cc1C(F)(F)F. The zero-order valence-corrected chi connectivity index (χ0v) is 17.7. The Balaban J connectivity index is 2.06. The largest absolute Gasteiger partial charge is 0.418 e. The highest BCUT2D eigenvalue weighted by atomic mass is 127. The fourth-order valence-electron chi connectivity index (χ4n) is 1.97. The summed E-state index contributed by atoms with van der Waals surface area (Å²) in [6, 6.07) is 8.45. The molecule has 2 aromatic carbocycles. The second kappa shape index (κ2) is 9.22. The predicted octanol–water partition coefficient (Wildman–Crippen LogP) is 6.14. The number of hydrogen-bond donors (Lipinski definition) is 2. The summed E-state index contributed by atoms with van der Waals surface area (Å²) in [5.41, 5.74) is -0.584. The van der Waals surface area contributed by atoms with Crippen LogP contribution in [-0.4, -0.2) is 11.0 Å². The Morgan fingerprint density at radius 2 is 1.85 bits per heavy atom. The van der Waals surface area contributed by atoms with Crippen molar-refractivity contribution in [2.75, 3.05) is 5.32 Å². The molecular formula is C17H10Cl2F3IN2OS. The van der Waals surface area contributed by atoms with E-state index in [0.29, 0.717) is 19.2 Å². The summed E-state index contributed by atoms with van der Waals surface area (Å²) >= 11 is 18.5. The first-order valence-electron chi connectivity index (χ1n) is 7.18. The molecule has 142 valence electrons. The monoisotopic (exact) mass is 544 g/mol. The van der Waals surface area contributed by atoms with Crippen LogP contribution in [0.1, 0.15) is 11.1 Å². The van der Waals surface area contributed by atoms with Gasteiger partial charge in [-0.3, -0.25) is 10.1 Å². The molecule has 0 spiro atoms. The standard InChI is InChI=1S/C17H10Cl2F3IN2OS/c18-10-3-1-9(13(19)7-10)2-6-15(26)25-16(27)24-14-5-4-11(23)8-12(14)17(20,21)22/h1-8H,(H2,24,25,26,27)/b6-2+. The second-order valence-corrected chi connectivity index (χ2v) is 7.63. The maximum absolute atomic E-state index is 13.1. The summed E-state index contributed by atoms with van der Waals surface area (Å²) in [5.74, 6) is -0.627. The van der Waals surface area contributed by atoms with Gasteiger partial charge >= 0.3 is 6.18 Å². The molecule has 10 heteroatoms. The molecule has 2 rings (SSSR count). The van der Waals surface area contributed by atoms with Crippen molar-refractivity contribution >= 4 is 80.8 Å². The van der Waals surface area contributed by atoms with E-state index in [-0.39, 0.29) is 10.8 Å². The Kier molecular flexibility index (Phi) is 7.49. The first-order valence-corrected chi connectivity index (χ1v) is 9.42. The molecule has 0 aliphatic carbocycles. The lowest BCUT2D eigenvalue weighted by Gasteiger charge is -2.15. The van der Waals surface area contributed by atoms with E-state index in [4.69, 9.17) is 35.4 Å². The number of rotatable bonds is 3. The van der Waals surface area contributed by atoms with E-state index >= 15 is 0 Å². The molecule has 3 nitrogen and oxygen atoms in total. The van der Waals surface area contributed by atoms with Crippen molar-refractivity contribution in [3.05, 3.63) is 67.2 Å². The zero-order chi connectivity index (χ0) is 20.2. The fourth-order valence-corrected chi connectivity index (χ4v) is 3.14. The maximum Gasteiger partial charge on any atom is 0.418 e. The third-order valence-electron chi connectivity index (χ3n) is 3.15. The van der Waals surface area contributed by atoms with Gasteiger partial charge in [0.05, 0.1) is 11.3 Å². The van der Waals surface area contributed by atoms with E-state index in [1.807, 2.05) is 0 Å². The number of anilines is 1. The lowest BCUT2D eigenvalue weighted by atomic mass is 10.1. The van der Waals surface area contributed by atoms with Crippen LogP contribution in [-0.2, 0) is 11.0 Å². The molecule has 0 unspecified atom stereocenters. The molecule has 27 heavy (non-hydrogen) atoms. The molecular weight excluding hydrogens is 535 g/mol. The molecule has 0 aliphatic heterocycles. The fraction of sp³-hybridized carbons (Fsp3) is 0.0588. The molecule has 0 saturated heterocycles. The normalized spacial score (nSPS) is 11.5. The highest BCUT2D eigenvalue weighted by Gasteiger charge is 2.34. The Hall–Kier alpha value is -1.36. The van der Waals surface area contributed by atoms with Crippen molar-refractivity contribution in [1.29, 1.82) is 0 Å². The average Bonchev–Trinajstić information content (AvgIpc) is 2.54. The third kappa shape index (κ3) is 6.63. The van der Waals surface area contributed by atoms with Crippen molar-refractivity contribution in [3.8, 4) is 0 Å². The van der Waals surface area contributed by atoms with E-state index in [1.165, 1.54) is 24.3 Å². The molecule has 0 heterocycles. The highest BCUT2D eigenvalue weighted by molar-refractivity contribution is 14.1. The van der Waals surface area contributed by atoms with E-state index in [9.17, 15) is 18.0 Å². The third-order valence-corrected chi connectivity index (χ3v) is 4.59. The quantitative estimate of drug-likeness (QED) is 0.277. The molecule has 0 aromatic heterocycles. The van der Waals surface area contributed by atoms with Gasteiger partial charge in [0.25, 0.3) is 0 Å². The maximum atomic E-state index is 13.1. The predicted molar refractivity (Wildman–Crippen MR) is 114 cm³/mol. The molecule has 0 fully saturated rings. The number of carbonyl (C=O) groups excluding carboxylic acids is 1. The molecule has 2 N–H and O–H groups in total. The molecule has 1 amide bonds. The van der Waals surface area contributed by atoms with E-state index in [0.717, 1.165) is 12.1 Å². The first kappa shape index (κ1) is 21.9. The summed E-state index contributed by atoms with van der Waals surface area (Å²) in [6.07, 6.45) is -1.97. The molecule has 0 radical (unpaired) electrons. The summed E-state index contributed by atoms with van der Waals surface area (Å²) in [4.78, 5) is 11.9. The minimum Gasteiger partial charge on any atom is -0.332 e. The molecule has 0 bridgehead atoms. The Morgan fingerprint density at radius 1 is 1.15 bits per heavy atom. The van der Waals surface area contributed by atoms with Crippen LogP contribution in [0, 0.1) is 3.57 Å². The van der Waals surface area contributed by atoms with Crippen molar-refractivity contribution < 1.29 is 18.0 Å². The Bertz CT molecular complexity index is 920. The van der Waals surface area contributed by atoms with E-state index in [2.05, 4.69) is 10.6 Å². The van der Waals surface area contributed by atoms with Crippen LogP contribution in [0.15, 0.2) is 42.5 Å². The number of alkyl halides is 3. The lowest BCUT2D eigenvalue weighted by Crippen LogP contribution is -2.33. The van der Waals surface area contributed by atoms with Crippen LogP contribution in [0.3, 0.4) is 0 Å². The second-order valence-electron chi connectivity index (χ2n) is 5.13. The molecule has 0 aliphatic rings. The minimum atomic E-state index is -4.56. The van der Waals surface area contributed by atoms with Gasteiger partial charge in [0, 0.05) is 19.7 Å². The van der Waals surface area contributed by atoms with Gasteiger partial charge in [-0.15, -0.1) is 0 Å². The van der Waals surface area contributed by atoms with Gasteiger partial charge in [0.1, 0.15) is 0 Å². The number of hydrogen-bond acceptors (Lipinski definition) is 2. The summed E-state index contributed by atoms with van der Waals surface area (Å²) in [5, 5.41) is 5.20. The van der Waals surface area contributed by atoms with Gasteiger partial charge in [0.15, 0.2) is 5.11 Å². The van der Waals surface area contributed by atoms with Crippen LogP contribution in [0.4, 0.5) is 18.9 Å². The van der Waals surface area contributed by atoms with E-state index in [1.54, 1.807) is 34.7 Å². The minimum absolute atomic E-state index is 0.252. The molecule has 2 aromatic rings. The van der Waals surface area contributed by atoms with Crippen molar-refractivity contribution in [2.24, 2.45) is 0 Å². The number of nitrogens with one attached hydrogen (secondary N) is 2. The average molecular weight is 545 g/mol. The topological polar surface area (TPSA) is 41.1 Å². The summed E-state index contributed by atoms with van der Waals surface area (Å²) in [7, 11) is 0. The van der Waals surface area contributed by atoms with Gasteiger partial charge in [-0.1, -0.05) is 29.3 Å². The van der Waals surface area contributed by atoms with Crippen molar-refractivity contribution in [3.63, 3.8) is 0 Å². The smallest absolute Gasteiger partial charge is 0.332 e. The Morgan fingerprint density at radius 3 is 2.48 bits per heavy atom. The van der Waals surface area contributed by atoms with Crippen molar-refractivity contribution in [2.45, 2.75) is 6.18 Å². The van der Waals surface area contributed by atoms with Crippen LogP contribution < -0.4 is 10.6 Å². The van der Waals surface area contributed by atoms with Gasteiger partial charge in [-0.2, -0.15) is 13.2 Å².